The molecule has 0 radical (unpaired) electrons. The first-order valence-corrected chi connectivity index (χ1v) is 6.75. The van der Waals surface area contributed by atoms with E-state index in [9.17, 15) is 4.79 Å². The van der Waals surface area contributed by atoms with Crippen molar-refractivity contribution in [3.63, 3.8) is 0 Å². The third-order valence-corrected chi connectivity index (χ3v) is 2.15. The number of carbonyl (C=O) groups is 1. The van der Waals surface area contributed by atoms with Crippen molar-refractivity contribution in [3.8, 4) is 0 Å². The molecule has 0 saturated carbocycles. The summed E-state index contributed by atoms with van der Waals surface area (Å²) in [7, 11) is 3.92. The van der Waals surface area contributed by atoms with E-state index in [4.69, 9.17) is 17.0 Å². The van der Waals surface area contributed by atoms with E-state index in [2.05, 4.69) is 16.0 Å². The third kappa shape index (κ3) is 13.2. The van der Waals surface area contributed by atoms with Crippen LogP contribution in [0.25, 0.3) is 0 Å². The van der Waals surface area contributed by atoms with Crippen LogP contribution in [0.5, 0.6) is 0 Å². The van der Waals surface area contributed by atoms with Crippen molar-refractivity contribution in [1.29, 1.82) is 0 Å². The van der Waals surface area contributed by atoms with Crippen molar-refractivity contribution in [2.75, 3.05) is 33.9 Å². The van der Waals surface area contributed by atoms with Crippen LogP contribution in [0.3, 0.4) is 0 Å². The Morgan fingerprint density at radius 1 is 1.16 bits per heavy atom. The number of rotatable bonds is 6. The monoisotopic (exact) mass is 290 g/mol. The van der Waals surface area contributed by atoms with Crippen molar-refractivity contribution in [2.45, 2.75) is 32.8 Å². The fourth-order valence-corrected chi connectivity index (χ4v) is 1.25. The zero-order valence-electron chi connectivity index (χ0n) is 12.5. The number of hydrogen-bond acceptors (Lipinski definition) is 4. The average Bonchev–Trinajstić information content (AvgIpc) is 2.23. The summed E-state index contributed by atoms with van der Waals surface area (Å²) in [5.41, 5.74) is -0.458. The number of ether oxygens (including phenoxy) is 1. The minimum Gasteiger partial charge on any atom is -0.444 e. The van der Waals surface area contributed by atoms with Gasteiger partial charge >= 0.3 is 6.09 Å². The molecule has 7 heteroatoms. The Morgan fingerprint density at radius 2 is 1.74 bits per heavy atom. The standard InChI is InChI=1S/C12H26N4O2S/c1-12(2,3)18-11(17)14-8-6-7-13-10(19)15-9-16(4)5/h6-9H2,1-5H3,(H,14,17)(H2,13,15,19). The van der Waals surface area contributed by atoms with Crippen LogP contribution in [0.15, 0.2) is 0 Å². The van der Waals surface area contributed by atoms with E-state index in [1.165, 1.54) is 0 Å². The lowest BCUT2D eigenvalue weighted by Gasteiger charge is -2.19. The lowest BCUT2D eigenvalue weighted by Crippen LogP contribution is -2.41. The van der Waals surface area contributed by atoms with E-state index in [-0.39, 0.29) is 6.09 Å². The molecule has 0 aromatic rings. The first-order valence-electron chi connectivity index (χ1n) is 6.34. The predicted molar refractivity (Wildman–Crippen MR) is 81.1 cm³/mol. The van der Waals surface area contributed by atoms with Crippen molar-refractivity contribution in [2.24, 2.45) is 0 Å². The van der Waals surface area contributed by atoms with Crippen LogP contribution >= 0.6 is 12.2 Å². The Hall–Kier alpha value is -1.08. The molecule has 0 aromatic carbocycles. The minimum atomic E-state index is -0.458. The Morgan fingerprint density at radius 3 is 2.26 bits per heavy atom. The quantitative estimate of drug-likeness (QED) is 0.383. The van der Waals surface area contributed by atoms with Crippen LogP contribution in [0, 0.1) is 0 Å². The molecule has 0 heterocycles. The Balaban J connectivity index is 3.50. The Kier molecular flexibility index (Phi) is 8.42. The molecule has 0 saturated heterocycles. The predicted octanol–water partition coefficient (Wildman–Crippen LogP) is 0.884. The van der Waals surface area contributed by atoms with Gasteiger partial charge in [-0.2, -0.15) is 0 Å². The maximum Gasteiger partial charge on any atom is 0.407 e. The molecular weight excluding hydrogens is 264 g/mol. The molecule has 0 aliphatic heterocycles. The Labute approximate surface area is 121 Å². The highest BCUT2D eigenvalue weighted by Gasteiger charge is 2.15. The van der Waals surface area contributed by atoms with Gasteiger partial charge in [-0.25, -0.2) is 4.79 Å². The van der Waals surface area contributed by atoms with Gasteiger partial charge in [-0.05, 0) is 53.5 Å². The summed E-state index contributed by atoms with van der Waals surface area (Å²) >= 11 is 5.08. The third-order valence-electron chi connectivity index (χ3n) is 1.86. The molecule has 19 heavy (non-hydrogen) atoms. The average molecular weight is 290 g/mol. The SMILES string of the molecule is CN(C)CNC(=S)NCCCNC(=O)OC(C)(C)C. The van der Waals surface area contributed by atoms with Crippen LogP contribution in [-0.4, -0.2) is 55.6 Å². The number of alkyl carbamates (subject to hydrolysis) is 1. The van der Waals surface area contributed by atoms with Crippen molar-refractivity contribution in [1.82, 2.24) is 20.9 Å². The molecular formula is C12H26N4O2S. The summed E-state index contributed by atoms with van der Waals surface area (Å²) in [6.45, 7) is 7.46. The highest BCUT2D eigenvalue weighted by molar-refractivity contribution is 7.80. The second-order valence-corrected chi connectivity index (χ2v) is 5.86. The molecule has 0 spiro atoms. The number of nitrogens with one attached hydrogen (secondary N) is 3. The molecule has 6 nitrogen and oxygen atoms in total. The van der Waals surface area contributed by atoms with Crippen molar-refractivity contribution >= 4 is 23.4 Å². The van der Waals surface area contributed by atoms with Crippen LogP contribution in [0.1, 0.15) is 27.2 Å². The van der Waals surface area contributed by atoms with Gasteiger partial charge in [0.05, 0.1) is 6.67 Å². The summed E-state index contributed by atoms with van der Waals surface area (Å²) in [5, 5.41) is 9.42. The van der Waals surface area contributed by atoms with E-state index in [1.807, 2.05) is 39.8 Å². The molecule has 0 fully saturated rings. The summed E-state index contributed by atoms with van der Waals surface area (Å²) in [4.78, 5) is 13.3. The molecule has 0 aliphatic carbocycles. The van der Waals surface area contributed by atoms with Crippen LogP contribution in [-0.2, 0) is 4.74 Å². The summed E-state index contributed by atoms with van der Waals surface area (Å²) in [5.74, 6) is 0. The molecule has 0 atom stereocenters. The number of thiocarbonyl (C=S) groups is 1. The van der Waals surface area contributed by atoms with E-state index < -0.39 is 5.60 Å². The lowest BCUT2D eigenvalue weighted by atomic mass is 10.2. The molecule has 3 N–H and O–H groups in total. The van der Waals surface area contributed by atoms with Gasteiger partial charge in [0.25, 0.3) is 0 Å². The molecule has 0 bridgehead atoms. The maximum absolute atomic E-state index is 11.3. The second kappa shape index (κ2) is 8.92. The van der Waals surface area contributed by atoms with Gasteiger partial charge in [-0.15, -0.1) is 0 Å². The largest absolute Gasteiger partial charge is 0.444 e. The summed E-state index contributed by atoms with van der Waals surface area (Å²) in [6, 6.07) is 0. The van der Waals surface area contributed by atoms with Gasteiger partial charge in [0.1, 0.15) is 5.60 Å². The first-order chi connectivity index (χ1) is 8.70. The van der Waals surface area contributed by atoms with Gasteiger partial charge in [-0.3, -0.25) is 4.90 Å². The molecule has 0 aromatic heterocycles. The van der Waals surface area contributed by atoms with Crippen molar-refractivity contribution in [3.05, 3.63) is 0 Å². The first kappa shape index (κ1) is 17.9. The molecule has 1 amide bonds. The topological polar surface area (TPSA) is 65.6 Å². The fraction of sp³-hybridized carbons (Fsp3) is 0.833. The number of nitrogens with zero attached hydrogens (tertiary/aromatic N) is 1. The zero-order chi connectivity index (χ0) is 14.9. The lowest BCUT2D eigenvalue weighted by molar-refractivity contribution is 0.0527. The van der Waals surface area contributed by atoms with Crippen LogP contribution in [0.4, 0.5) is 4.79 Å². The number of carbonyl (C=O) groups excluding carboxylic acids is 1. The highest BCUT2D eigenvalue weighted by atomic mass is 32.1. The molecule has 0 unspecified atom stereocenters. The molecule has 0 aliphatic rings. The van der Waals surface area contributed by atoms with Crippen molar-refractivity contribution < 1.29 is 9.53 Å². The minimum absolute atomic E-state index is 0.388. The normalized spacial score (nSPS) is 11.1. The fourth-order valence-electron chi connectivity index (χ4n) is 1.09. The summed E-state index contributed by atoms with van der Waals surface area (Å²) in [6.07, 6.45) is 0.393. The van der Waals surface area contributed by atoms with Gasteiger partial charge < -0.3 is 20.7 Å². The zero-order valence-corrected chi connectivity index (χ0v) is 13.3. The van der Waals surface area contributed by atoms with Gasteiger partial charge in [0.15, 0.2) is 5.11 Å². The van der Waals surface area contributed by atoms with E-state index in [0.29, 0.717) is 24.9 Å². The van der Waals surface area contributed by atoms with Crippen LogP contribution in [0.2, 0.25) is 0 Å². The second-order valence-electron chi connectivity index (χ2n) is 5.45. The maximum atomic E-state index is 11.3. The number of hydrogen-bond donors (Lipinski definition) is 3. The molecule has 0 rings (SSSR count). The van der Waals surface area contributed by atoms with E-state index in [1.54, 1.807) is 0 Å². The smallest absolute Gasteiger partial charge is 0.407 e. The molecule has 112 valence electrons. The summed E-state index contributed by atoms with van der Waals surface area (Å²) < 4.78 is 5.12. The van der Waals surface area contributed by atoms with Crippen LogP contribution < -0.4 is 16.0 Å². The number of amides is 1. The van der Waals surface area contributed by atoms with Gasteiger partial charge in [-0.1, -0.05) is 0 Å². The van der Waals surface area contributed by atoms with Gasteiger partial charge in [0, 0.05) is 13.1 Å². The van der Waals surface area contributed by atoms with E-state index in [0.717, 1.165) is 6.42 Å². The Bertz CT molecular complexity index is 290. The van der Waals surface area contributed by atoms with E-state index >= 15 is 0 Å². The highest BCUT2D eigenvalue weighted by Crippen LogP contribution is 2.06. The van der Waals surface area contributed by atoms with Gasteiger partial charge in [0.2, 0.25) is 0 Å².